The van der Waals surface area contributed by atoms with Crippen molar-refractivity contribution in [2.75, 3.05) is 31.5 Å². The molecular formula is C20H29N5O. The molecule has 0 aliphatic carbocycles. The lowest BCUT2D eigenvalue weighted by Crippen LogP contribution is -2.37. The number of imidazole rings is 1. The lowest BCUT2D eigenvalue weighted by molar-refractivity contribution is 0.102. The number of nitrogens with zero attached hydrogens (tertiary/aromatic N) is 4. The van der Waals surface area contributed by atoms with Gasteiger partial charge in [0.1, 0.15) is 0 Å². The fraction of sp³-hybridized carbons (Fsp3) is 0.500. The highest BCUT2D eigenvalue weighted by Crippen LogP contribution is 2.19. The molecule has 3 rings (SSSR count). The molecule has 26 heavy (non-hydrogen) atoms. The van der Waals surface area contributed by atoms with Gasteiger partial charge in [0, 0.05) is 50.7 Å². The molecule has 1 aliphatic rings. The van der Waals surface area contributed by atoms with Crippen LogP contribution < -0.4 is 5.32 Å². The maximum absolute atomic E-state index is 12.5. The van der Waals surface area contributed by atoms with E-state index in [0.717, 1.165) is 32.7 Å². The lowest BCUT2D eigenvalue weighted by atomic mass is 10.1. The summed E-state index contributed by atoms with van der Waals surface area (Å²) in [5.74, 6) is 0.436. The number of likely N-dealkylation sites (N-methyl/N-ethyl adjacent to an activating group) is 1. The van der Waals surface area contributed by atoms with Gasteiger partial charge < -0.3 is 4.57 Å². The van der Waals surface area contributed by atoms with Crippen molar-refractivity contribution < 1.29 is 4.79 Å². The van der Waals surface area contributed by atoms with Crippen LogP contribution in [-0.2, 0) is 13.6 Å². The van der Waals surface area contributed by atoms with E-state index < -0.39 is 0 Å². The van der Waals surface area contributed by atoms with Gasteiger partial charge in [0.15, 0.2) is 0 Å². The van der Waals surface area contributed by atoms with Gasteiger partial charge in [-0.05, 0) is 37.2 Å². The summed E-state index contributed by atoms with van der Waals surface area (Å²) < 4.78 is 1.79. The average Bonchev–Trinajstić information content (AvgIpc) is 3.26. The second-order valence-electron chi connectivity index (χ2n) is 6.92. The summed E-state index contributed by atoms with van der Waals surface area (Å²) >= 11 is 0. The first kappa shape index (κ1) is 18.6. The zero-order valence-corrected chi connectivity index (χ0v) is 16.0. The smallest absolute Gasteiger partial charge is 0.257 e. The number of rotatable bonds is 7. The molecule has 0 spiro atoms. The van der Waals surface area contributed by atoms with Crippen LogP contribution in [0.15, 0.2) is 36.7 Å². The summed E-state index contributed by atoms with van der Waals surface area (Å²) in [5.41, 5.74) is 1.85. The molecule has 1 aliphatic heterocycles. The van der Waals surface area contributed by atoms with Crippen molar-refractivity contribution in [1.82, 2.24) is 19.4 Å². The van der Waals surface area contributed by atoms with Crippen LogP contribution in [0.5, 0.6) is 0 Å². The highest BCUT2D eigenvalue weighted by atomic mass is 16.1. The van der Waals surface area contributed by atoms with Gasteiger partial charge in [0.05, 0.1) is 0 Å². The summed E-state index contributed by atoms with van der Waals surface area (Å²) in [6.07, 6.45) is 4.71. The number of carbonyl (C=O) groups excluding carboxylic acids is 1. The molecule has 1 aromatic carbocycles. The molecule has 6 heteroatoms. The Bertz CT molecular complexity index is 737. The monoisotopic (exact) mass is 355 g/mol. The number of carbonyl (C=O) groups is 1. The molecule has 2 heterocycles. The van der Waals surface area contributed by atoms with Gasteiger partial charge in [0.2, 0.25) is 5.95 Å². The molecule has 0 bridgehead atoms. The summed E-state index contributed by atoms with van der Waals surface area (Å²) in [4.78, 5) is 21.7. The zero-order valence-electron chi connectivity index (χ0n) is 16.0. The number of anilines is 1. The van der Waals surface area contributed by atoms with Crippen LogP contribution in [0, 0.1) is 0 Å². The minimum Gasteiger partial charge on any atom is -0.320 e. The predicted molar refractivity (Wildman–Crippen MR) is 104 cm³/mol. The first-order valence-corrected chi connectivity index (χ1v) is 9.44. The maximum Gasteiger partial charge on any atom is 0.257 e. The van der Waals surface area contributed by atoms with Gasteiger partial charge in [-0.25, -0.2) is 4.98 Å². The third-order valence-electron chi connectivity index (χ3n) is 5.22. The molecule has 1 fully saturated rings. The van der Waals surface area contributed by atoms with Crippen molar-refractivity contribution in [1.29, 1.82) is 0 Å². The third-order valence-corrected chi connectivity index (χ3v) is 5.22. The molecule has 0 saturated carbocycles. The molecule has 140 valence electrons. The van der Waals surface area contributed by atoms with Crippen molar-refractivity contribution in [3.63, 3.8) is 0 Å². The molecule has 1 saturated heterocycles. The van der Waals surface area contributed by atoms with Crippen molar-refractivity contribution in [2.24, 2.45) is 7.05 Å². The Kier molecular flexibility index (Phi) is 6.06. The molecule has 1 amide bonds. The van der Waals surface area contributed by atoms with E-state index in [2.05, 4.69) is 40.0 Å². The molecule has 1 unspecified atom stereocenters. The van der Waals surface area contributed by atoms with E-state index in [9.17, 15) is 4.79 Å². The summed E-state index contributed by atoms with van der Waals surface area (Å²) in [7, 11) is 1.86. The zero-order chi connectivity index (χ0) is 18.5. The van der Waals surface area contributed by atoms with Crippen LogP contribution in [-0.4, -0.2) is 57.5 Å². The van der Waals surface area contributed by atoms with Crippen LogP contribution in [0.4, 0.5) is 5.95 Å². The van der Waals surface area contributed by atoms with Crippen molar-refractivity contribution in [3.05, 3.63) is 47.8 Å². The van der Waals surface area contributed by atoms with Crippen LogP contribution in [0.25, 0.3) is 0 Å². The quantitative estimate of drug-likeness (QED) is 0.829. The number of benzene rings is 1. The van der Waals surface area contributed by atoms with Gasteiger partial charge in [-0.15, -0.1) is 0 Å². The normalized spacial score (nSPS) is 17.8. The maximum atomic E-state index is 12.5. The predicted octanol–water partition coefficient (Wildman–Crippen LogP) is 2.59. The Hall–Kier alpha value is -2.18. The van der Waals surface area contributed by atoms with Crippen LogP contribution in [0.2, 0.25) is 0 Å². The molecular weight excluding hydrogens is 326 g/mol. The van der Waals surface area contributed by atoms with E-state index in [-0.39, 0.29) is 5.91 Å². The Balaban J connectivity index is 1.61. The van der Waals surface area contributed by atoms with Crippen LogP contribution in [0.1, 0.15) is 36.2 Å². The molecule has 2 aromatic rings. The van der Waals surface area contributed by atoms with Gasteiger partial charge in [-0.3, -0.25) is 19.9 Å². The Morgan fingerprint density at radius 1 is 1.35 bits per heavy atom. The van der Waals surface area contributed by atoms with Gasteiger partial charge in [-0.2, -0.15) is 0 Å². The van der Waals surface area contributed by atoms with E-state index in [1.54, 1.807) is 10.8 Å². The first-order valence-electron chi connectivity index (χ1n) is 9.44. The molecule has 1 N–H and O–H groups in total. The lowest BCUT2D eigenvalue weighted by Gasteiger charge is -2.26. The van der Waals surface area contributed by atoms with Gasteiger partial charge >= 0.3 is 0 Å². The number of aromatic nitrogens is 2. The highest BCUT2D eigenvalue weighted by Gasteiger charge is 2.26. The Morgan fingerprint density at radius 2 is 2.15 bits per heavy atom. The van der Waals surface area contributed by atoms with Crippen LogP contribution in [0.3, 0.4) is 0 Å². The minimum atomic E-state index is -0.122. The fourth-order valence-corrected chi connectivity index (χ4v) is 3.72. The number of nitrogens with one attached hydrogen (secondary N) is 1. The van der Waals surface area contributed by atoms with E-state index in [1.807, 2.05) is 31.4 Å². The number of likely N-dealkylation sites (tertiary alicyclic amines) is 1. The fourth-order valence-electron chi connectivity index (χ4n) is 3.72. The van der Waals surface area contributed by atoms with Gasteiger partial charge in [-0.1, -0.05) is 26.0 Å². The third kappa shape index (κ3) is 4.31. The number of hydrogen-bond donors (Lipinski definition) is 1. The van der Waals surface area contributed by atoms with Crippen molar-refractivity contribution in [3.8, 4) is 0 Å². The largest absolute Gasteiger partial charge is 0.320 e. The van der Waals surface area contributed by atoms with Crippen molar-refractivity contribution in [2.45, 2.75) is 32.9 Å². The highest BCUT2D eigenvalue weighted by molar-refractivity contribution is 6.03. The van der Waals surface area contributed by atoms with E-state index >= 15 is 0 Å². The summed E-state index contributed by atoms with van der Waals surface area (Å²) in [5, 5.41) is 2.86. The summed E-state index contributed by atoms with van der Waals surface area (Å²) in [6.45, 7) is 9.79. The van der Waals surface area contributed by atoms with E-state index in [1.165, 1.54) is 12.0 Å². The summed E-state index contributed by atoms with van der Waals surface area (Å²) in [6, 6.07) is 8.55. The molecule has 1 atom stereocenters. The Labute approximate surface area is 155 Å². The Morgan fingerprint density at radius 3 is 2.85 bits per heavy atom. The number of amides is 1. The number of aryl methyl sites for hydroxylation is 1. The standard InChI is InChI=1S/C20H29N5O/c1-4-25(5-2)18-9-11-24(15-18)14-16-7-6-8-17(13-16)19(26)22-20-21-10-12-23(20)3/h6-8,10,12-13,18H,4-5,9,11,14-15H2,1-3H3,(H,21,22,26). The minimum absolute atomic E-state index is 0.122. The first-order chi connectivity index (χ1) is 12.6. The second-order valence-corrected chi connectivity index (χ2v) is 6.92. The second kappa shape index (κ2) is 8.47. The topological polar surface area (TPSA) is 53.4 Å². The van der Waals surface area contributed by atoms with E-state index in [4.69, 9.17) is 0 Å². The molecule has 0 radical (unpaired) electrons. The van der Waals surface area contributed by atoms with Crippen LogP contribution >= 0.6 is 0 Å². The van der Waals surface area contributed by atoms with Gasteiger partial charge in [0.25, 0.3) is 5.91 Å². The van der Waals surface area contributed by atoms with Crippen molar-refractivity contribution >= 4 is 11.9 Å². The molecule has 1 aromatic heterocycles. The van der Waals surface area contributed by atoms with E-state index in [0.29, 0.717) is 17.6 Å². The SMILES string of the molecule is CCN(CC)C1CCN(Cc2cccc(C(=O)Nc3nccn3C)c2)C1. The average molecular weight is 355 g/mol. The number of hydrogen-bond acceptors (Lipinski definition) is 4. The molecule has 6 nitrogen and oxygen atoms in total.